The van der Waals surface area contributed by atoms with Crippen molar-refractivity contribution in [3.63, 3.8) is 0 Å². The molecule has 0 saturated carbocycles. The van der Waals surface area contributed by atoms with E-state index in [-0.39, 0.29) is 10.8 Å². The smallest absolute Gasteiger partial charge is 0.243 e. The summed E-state index contributed by atoms with van der Waals surface area (Å²) in [5, 5.41) is 2.88. The van der Waals surface area contributed by atoms with Crippen molar-refractivity contribution in [1.29, 1.82) is 0 Å². The summed E-state index contributed by atoms with van der Waals surface area (Å²) in [7, 11) is -3.52. The van der Waals surface area contributed by atoms with Gasteiger partial charge in [0, 0.05) is 24.5 Å². The van der Waals surface area contributed by atoms with Crippen molar-refractivity contribution in [3.05, 3.63) is 59.2 Å². The van der Waals surface area contributed by atoms with Crippen LogP contribution >= 0.6 is 11.8 Å². The van der Waals surface area contributed by atoms with Gasteiger partial charge in [0.1, 0.15) is 0 Å². The molecule has 1 N–H and O–H groups in total. The lowest BCUT2D eigenvalue weighted by molar-refractivity contribution is -0.113. The summed E-state index contributed by atoms with van der Waals surface area (Å²) in [4.78, 5) is 12.6. The van der Waals surface area contributed by atoms with E-state index in [2.05, 4.69) is 30.4 Å². The molecule has 1 amide bonds. The number of aryl methyl sites for hydroxylation is 2. The number of hydrogen-bond acceptors (Lipinski definition) is 4. The molecule has 1 aliphatic rings. The number of carbonyl (C=O) groups excluding carboxylic acids is 1. The highest BCUT2D eigenvalue weighted by Crippen LogP contribution is 2.25. The number of nitrogens with one attached hydrogen (secondary N) is 1. The SMILES string of the molecule is Cc1cccc(CSCC(=O)Nc2cc(S(=O)(=O)N3CCCCC3)ccc2C)c1. The third kappa shape index (κ3) is 5.84. The normalized spacial score (nSPS) is 15.2. The second-order valence-corrected chi connectivity index (χ2v) is 10.4. The Morgan fingerprint density at radius 2 is 1.83 bits per heavy atom. The summed E-state index contributed by atoms with van der Waals surface area (Å²) in [6, 6.07) is 13.2. The molecule has 0 bridgehead atoms. The molecule has 0 aliphatic carbocycles. The maximum Gasteiger partial charge on any atom is 0.243 e. The first-order chi connectivity index (χ1) is 13.9. The van der Waals surface area contributed by atoms with Crippen molar-refractivity contribution in [3.8, 4) is 0 Å². The number of hydrogen-bond donors (Lipinski definition) is 1. The fraction of sp³-hybridized carbons (Fsp3) is 0.409. The number of anilines is 1. The summed E-state index contributed by atoms with van der Waals surface area (Å²) < 4.78 is 27.4. The molecule has 0 aromatic heterocycles. The number of nitrogens with zero attached hydrogens (tertiary/aromatic N) is 1. The van der Waals surface area contributed by atoms with Crippen LogP contribution in [-0.2, 0) is 20.6 Å². The van der Waals surface area contributed by atoms with Crippen LogP contribution in [0.3, 0.4) is 0 Å². The van der Waals surface area contributed by atoms with E-state index in [0.29, 0.717) is 24.5 Å². The van der Waals surface area contributed by atoms with E-state index in [1.807, 2.05) is 13.0 Å². The van der Waals surface area contributed by atoms with Gasteiger partial charge in [0.05, 0.1) is 10.6 Å². The Morgan fingerprint density at radius 3 is 2.55 bits per heavy atom. The highest BCUT2D eigenvalue weighted by Gasteiger charge is 2.26. The number of rotatable bonds is 7. The van der Waals surface area contributed by atoms with Gasteiger partial charge in [-0.15, -0.1) is 11.8 Å². The average Bonchev–Trinajstić information content (AvgIpc) is 2.70. The highest BCUT2D eigenvalue weighted by atomic mass is 32.2. The van der Waals surface area contributed by atoms with E-state index in [4.69, 9.17) is 0 Å². The summed E-state index contributed by atoms with van der Waals surface area (Å²) in [6.45, 7) is 5.04. The molecule has 1 saturated heterocycles. The monoisotopic (exact) mass is 432 g/mol. The Balaban J connectivity index is 1.62. The van der Waals surface area contributed by atoms with Crippen molar-refractivity contribution in [2.75, 3.05) is 24.2 Å². The van der Waals surface area contributed by atoms with E-state index < -0.39 is 10.0 Å². The molecule has 1 aliphatic heterocycles. The van der Waals surface area contributed by atoms with Crippen molar-refractivity contribution in [2.24, 2.45) is 0 Å². The first kappa shape index (κ1) is 21.9. The molecule has 29 heavy (non-hydrogen) atoms. The Bertz CT molecular complexity index is 968. The molecule has 1 fully saturated rings. The Morgan fingerprint density at radius 1 is 1.07 bits per heavy atom. The van der Waals surface area contributed by atoms with Crippen LogP contribution in [0.2, 0.25) is 0 Å². The third-order valence-corrected chi connectivity index (χ3v) is 7.92. The number of thioether (sulfide) groups is 1. The number of benzene rings is 2. The minimum atomic E-state index is -3.52. The van der Waals surface area contributed by atoms with Crippen LogP contribution in [-0.4, -0.2) is 37.5 Å². The van der Waals surface area contributed by atoms with Gasteiger partial charge in [0.25, 0.3) is 0 Å². The number of amides is 1. The second-order valence-electron chi connectivity index (χ2n) is 7.47. The predicted octanol–water partition coefficient (Wildman–Crippen LogP) is 4.35. The molecule has 7 heteroatoms. The number of piperidine rings is 1. The molecule has 0 atom stereocenters. The van der Waals surface area contributed by atoms with Gasteiger partial charge in [-0.2, -0.15) is 4.31 Å². The topological polar surface area (TPSA) is 66.5 Å². The zero-order valence-electron chi connectivity index (χ0n) is 17.0. The highest BCUT2D eigenvalue weighted by molar-refractivity contribution is 7.99. The van der Waals surface area contributed by atoms with E-state index in [1.165, 1.54) is 11.1 Å². The molecular formula is C22H28N2O3S2. The lowest BCUT2D eigenvalue weighted by atomic mass is 10.2. The molecule has 2 aromatic carbocycles. The molecule has 156 valence electrons. The van der Waals surface area contributed by atoms with Crippen molar-refractivity contribution < 1.29 is 13.2 Å². The van der Waals surface area contributed by atoms with Crippen LogP contribution in [0.5, 0.6) is 0 Å². The van der Waals surface area contributed by atoms with Crippen molar-refractivity contribution >= 4 is 33.4 Å². The van der Waals surface area contributed by atoms with Crippen molar-refractivity contribution in [1.82, 2.24) is 4.31 Å². The molecule has 1 heterocycles. The maximum atomic E-state index is 12.9. The zero-order chi connectivity index (χ0) is 20.9. The molecular weight excluding hydrogens is 404 g/mol. The molecule has 3 rings (SSSR count). The fourth-order valence-electron chi connectivity index (χ4n) is 3.40. The van der Waals surface area contributed by atoms with Gasteiger partial charge >= 0.3 is 0 Å². The Kier molecular flexibility index (Phi) is 7.38. The molecule has 5 nitrogen and oxygen atoms in total. The lowest BCUT2D eigenvalue weighted by Gasteiger charge is -2.26. The number of carbonyl (C=O) groups is 1. The average molecular weight is 433 g/mol. The minimum absolute atomic E-state index is 0.127. The van der Waals surface area contributed by atoms with Crippen molar-refractivity contribution in [2.45, 2.75) is 43.8 Å². The van der Waals surface area contributed by atoms with Crippen LogP contribution in [0.1, 0.15) is 36.0 Å². The summed E-state index contributed by atoms with van der Waals surface area (Å²) in [6.07, 6.45) is 2.86. The standard InChI is InChI=1S/C22H28N2O3S2/c1-17-7-6-8-19(13-17)15-28-16-22(25)23-21-14-20(10-9-18(21)2)29(26,27)24-11-4-3-5-12-24/h6-10,13-14H,3-5,11-12,15-16H2,1-2H3,(H,23,25). The van der Waals surface area contributed by atoms with Gasteiger partial charge in [-0.05, 0) is 49.9 Å². The van der Waals surface area contributed by atoms with Crippen LogP contribution in [0.4, 0.5) is 5.69 Å². The minimum Gasteiger partial charge on any atom is -0.325 e. The second kappa shape index (κ2) is 9.78. The van der Waals surface area contributed by atoms with Gasteiger partial charge in [-0.25, -0.2) is 8.42 Å². The largest absolute Gasteiger partial charge is 0.325 e. The van der Waals surface area contributed by atoms with Gasteiger partial charge in [-0.1, -0.05) is 42.3 Å². The quantitative estimate of drug-likeness (QED) is 0.706. The van der Waals surface area contributed by atoms with Gasteiger partial charge in [0.15, 0.2) is 0 Å². The maximum absolute atomic E-state index is 12.9. The molecule has 2 aromatic rings. The van der Waals surface area contributed by atoms with E-state index in [1.54, 1.807) is 34.3 Å². The van der Waals surface area contributed by atoms with Gasteiger partial charge in [-0.3, -0.25) is 4.79 Å². The zero-order valence-corrected chi connectivity index (χ0v) is 18.6. The van der Waals surface area contributed by atoms with Gasteiger partial charge < -0.3 is 5.32 Å². The van der Waals surface area contributed by atoms with Crippen LogP contribution in [0, 0.1) is 13.8 Å². The fourth-order valence-corrected chi connectivity index (χ4v) is 5.72. The third-order valence-electron chi connectivity index (χ3n) is 5.02. The summed E-state index contributed by atoms with van der Waals surface area (Å²) in [5.41, 5.74) is 3.80. The van der Waals surface area contributed by atoms with E-state index in [0.717, 1.165) is 30.6 Å². The van der Waals surface area contributed by atoms with Crippen LogP contribution < -0.4 is 5.32 Å². The summed E-state index contributed by atoms with van der Waals surface area (Å²) >= 11 is 1.54. The molecule has 0 radical (unpaired) electrons. The Hall–Kier alpha value is -1.83. The van der Waals surface area contributed by atoms with E-state index in [9.17, 15) is 13.2 Å². The molecule has 0 spiro atoms. The van der Waals surface area contributed by atoms with E-state index >= 15 is 0 Å². The predicted molar refractivity (Wildman–Crippen MR) is 120 cm³/mol. The van der Waals surface area contributed by atoms with Gasteiger partial charge in [0.2, 0.25) is 15.9 Å². The van der Waals surface area contributed by atoms with Crippen LogP contribution in [0.15, 0.2) is 47.4 Å². The Labute approximate surface area is 177 Å². The molecule has 0 unspecified atom stereocenters. The first-order valence-corrected chi connectivity index (χ1v) is 12.5. The van der Waals surface area contributed by atoms with Crippen LogP contribution in [0.25, 0.3) is 0 Å². The lowest BCUT2D eigenvalue weighted by Crippen LogP contribution is -2.35. The summed E-state index contributed by atoms with van der Waals surface area (Å²) in [5.74, 6) is 0.951. The first-order valence-electron chi connectivity index (χ1n) is 9.90. The number of sulfonamides is 1.